The van der Waals surface area contributed by atoms with Crippen molar-refractivity contribution in [2.45, 2.75) is 25.4 Å². The third-order valence-electron chi connectivity index (χ3n) is 2.68. The van der Waals surface area contributed by atoms with E-state index in [0.29, 0.717) is 6.54 Å². The number of nitrogens with one attached hydrogen (secondary N) is 2. The van der Waals surface area contributed by atoms with Crippen LogP contribution in [0.3, 0.4) is 0 Å². The van der Waals surface area contributed by atoms with Crippen molar-refractivity contribution >= 4 is 23.3 Å². The van der Waals surface area contributed by atoms with Crippen LogP contribution in [0.1, 0.15) is 18.4 Å². The highest BCUT2D eigenvalue weighted by Crippen LogP contribution is 2.32. The van der Waals surface area contributed by atoms with E-state index in [1.807, 2.05) is 16.8 Å². The minimum Gasteiger partial charge on any atom is -0.480 e. The molecule has 1 heterocycles. The van der Waals surface area contributed by atoms with Gasteiger partial charge in [0.25, 0.3) is 0 Å². The SMILES string of the molecule is O=C(NCc1ccsc1)NC(C(=O)O)C1CC1. The molecule has 1 aromatic rings. The topological polar surface area (TPSA) is 78.4 Å². The zero-order chi connectivity index (χ0) is 12.3. The van der Waals surface area contributed by atoms with E-state index in [1.165, 1.54) is 0 Å². The first-order valence-electron chi connectivity index (χ1n) is 5.45. The third kappa shape index (κ3) is 3.45. The van der Waals surface area contributed by atoms with E-state index in [2.05, 4.69) is 10.6 Å². The molecule has 0 spiro atoms. The summed E-state index contributed by atoms with van der Waals surface area (Å²) in [6.07, 6.45) is 1.75. The zero-order valence-corrected chi connectivity index (χ0v) is 10.00. The van der Waals surface area contributed by atoms with Gasteiger partial charge in [0.1, 0.15) is 6.04 Å². The van der Waals surface area contributed by atoms with Crippen LogP contribution in [-0.2, 0) is 11.3 Å². The molecule has 1 fully saturated rings. The van der Waals surface area contributed by atoms with Crippen LogP contribution in [0.4, 0.5) is 4.79 Å². The first-order valence-corrected chi connectivity index (χ1v) is 6.39. The molecule has 0 saturated heterocycles. The minimum absolute atomic E-state index is 0.0967. The minimum atomic E-state index is -0.960. The Morgan fingerprint density at radius 2 is 2.29 bits per heavy atom. The molecule has 2 amide bonds. The van der Waals surface area contributed by atoms with Crippen LogP contribution < -0.4 is 10.6 Å². The highest BCUT2D eigenvalue weighted by atomic mass is 32.1. The van der Waals surface area contributed by atoms with Crippen molar-refractivity contribution in [1.29, 1.82) is 0 Å². The lowest BCUT2D eigenvalue weighted by Crippen LogP contribution is -2.46. The van der Waals surface area contributed by atoms with E-state index in [0.717, 1.165) is 18.4 Å². The van der Waals surface area contributed by atoms with Gasteiger partial charge in [0.2, 0.25) is 0 Å². The molecule has 0 bridgehead atoms. The summed E-state index contributed by atoms with van der Waals surface area (Å²) >= 11 is 1.56. The number of carbonyl (C=O) groups is 2. The quantitative estimate of drug-likeness (QED) is 0.743. The molecule has 1 aliphatic carbocycles. The van der Waals surface area contributed by atoms with Gasteiger partial charge in [-0.2, -0.15) is 11.3 Å². The predicted octanol–water partition coefficient (Wildman–Crippen LogP) is 1.41. The highest BCUT2D eigenvalue weighted by Gasteiger charge is 2.37. The van der Waals surface area contributed by atoms with Gasteiger partial charge < -0.3 is 15.7 Å². The van der Waals surface area contributed by atoms with Crippen LogP contribution in [0.5, 0.6) is 0 Å². The largest absolute Gasteiger partial charge is 0.480 e. The molecule has 1 aromatic heterocycles. The Kier molecular flexibility index (Phi) is 3.63. The Labute approximate surface area is 103 Å². The van der Waals surface area contributed by atoms with E-state index in [-0.39, 0.29) is 5.92 Å². The fourth-order valence-electron chi connectivity index (χ4n) is 1.58. The molecular weight excluding hydrogens is 240 g/mol. The number of rotatable bonds is 5. The molecule has 0 radical (unpaired) electrons. The first-order chi connectivity index (χ1) is 8.16. The van der Waals surface area contributed by atoms with E-state index in [1.54, 1.807) is 11.3 Å². The smallest absolute Gasteiger partial charge is 0.326 e. The van der Waals surface area contributed by atoms with E-state index in [9.17, 15) is 9.59 Å². The van der Waals surface area contributed by atoms with Gasteiger partial charge in [0, 0.05) is 6.54 Å². The summed E-state index contributed by atoms with van der Waals surface area (Å²) in [5, 5.41) is 18.0. The third-order valence-corrected chi connectivity index (χ3v) is 3.41. The van der Waals surface area contributed by atoms with Crippen LogP contribution >= 0.6 is 11.3 Å². The molecule has 1 unspecified atom stereocenters. The lowest BCUT2D eigenvalue weighted by atomic mass is 10.2. The monoisotopic (exact) mass is 254 g/mol. The number of hydrogen-bond acceptors (Lipinski definition) is 3. The average Bonchev–Trinajstić information content (AvgIpc) is 2.99. The Morgan fingerprint density at radius 3 is 2.82 bits per heavy atom. The molecule has 5 nitrogen and oxygen atoms in total. The fourth-order valence-corrected chi connectivity index (χ4v) is 2.25. The van der Waals surface area contributed by atoms with Crippen molar-refractivity contribution < 1.29 is 14.7 Å². The molecule has 0 aliphatic heterocycles. The Balaban J connectivity index is 1.77. The van der Waals surface area contributed by atoms with Gasteiger partial charge in [0.15, 0.2) is 0 Å². The van der Waals surface area contributed by atoms with E-state index in [4.69, 9.17) is 5.11 Å². The van der Waals surface area contributed by atoms with Crippen molar-refractivity contribution in [3.63, 3.8) is 0 Å². The molecule has 2 rings (SSSR count). The number of hydrogen-bond donors (Lipinski definition) is 3. The number of carboxylic acids is 1. The Bertz CT molecular complexity index is 401. The summed E-state index contributed by atoms with van der Waals surface area (Å²) in [6, 6.07) is 0.744. The molecule has 0 aromatic carbocycles. The highest BCUT2D eigenvalue weighted by molar-refractivity contribution is 7.07. The molecule has 1 saturated carbocycles. The van der Waals surface area contributed by atoms with E-state index < -0.39 is 18.0 Å². The van der Waals surface area contributed by atoms with Crippen molar-refractivity contribution in [3.8, 4) is 0 Å². The summed E-state index contributed by atoms with van der Waals surface area (Å²) < 4.78 is 0. The van der Waals surface area contributed by atoms with Gasteiger partial charge in [-0.3, -0.25) is 0 Å². The van der Waals surface area contributed by atoms with Gasteiger partial charge in [-0.05, 0) is 41.1 Å². The van der Waals surface area contributed by atoms with Crippen LogP contribution in [0.2, 0.25) is 0 Å². The molecular formula is C11H14N2O3S. The maximum absolute atomic E-state index is 11.5. The first kappa shape index (κ1) is 11.9. The molecule has 17 heavy (non-hydrogen) atoms. The number of amides is 2. The van der Waals surface area contributed by atoms with Gasteiger partial charge in [0.05, 0.1) is 0 Å². The van der Waals surface area contributed by atoms with Crippen LogP contribution in [0.15, 0.2) is 16.8 Å². The number of aliphatic carboxylic acids is 1. The molecule has 1 aliphatic rings. The molecule has 3 N–H and O–H groups in total. The van der Waals surface area contributed by atoms with Crippen LogP contribution in [0.25, 0.3) is 0 Å². The second-order valence-electron chi connectivity index (χ2n) is 4.11. The van der Waals surface area contributed by atoms with Crippen LogP contribution in [0, 0.1) is 5.92 Å². The molecule has 1 atom stereocenters. The van der Waals surface area contributed by atoms with Crippen LogP contribution in [-0.4, -0.2) is 23.1 Å². The normalized spacial score (nSPS) is 16.2. The van der Waals surface area contributed by atoms with Crippen molar-refractivity contribution in [1.82, 2.24) is 10.6 Å². The summed E-state index contributed by atoms with van der Waals surface area (Å²) in [5.41, 5.74) is 1.02. The van der Waals surface area contributed by atoms with Crippen molar-refractivity contribution in [2.75, 3.05) is 0 Å². The summed E-state index contributed by atoms with van der Waals surface area (Å²) in [4.78, 5) is 22.4. The second kappa shape index (κ2) is 5.18. The lowest BCUT2D eigenvalue weighted by Gasteiger charge is -2.13. The fraction of sp³-hybridized carbons (Fsp3) is 0.455. The zero-order valence-electron chi connectivity index (χ0n) is 9.18. The Hall–Kier alpha value is -1.56. The number of carbonyl (C=O) groups excluding carboxylic acids is 1. The standard InChI is InChI=1S/C11H14N2O3S/c14-10(15)9(8-1-2-8)13-11(16)12-5-7-3-4-17-6-7/h3-4,6,8-9H,1-2,5H2,(H,14,15)(H2,12,13,16). The van der Waals surface area contributed by atoms with Crippen molar-refractivity contribution in [2.24, 2.45) is 5.92 Å². The summed E-state index contributed by atoms with van der Waals surface area (Å²) in [6.45, 7) is 0.423. The number of carboxylic acid groups (broad SMARTS) is 1. The predicted molar refractivity (Wildman–Crippen MR) is 63.8 cm³/mol. The lowest BCUT2D eigenvalue weighted by molar-refractivity contribution is -0.139. The van der Waals surface area contributed by atoms with Crippen molar-refractivity contribution in [3.05, 3.63) is 22.4 Å². The van der Waals surface area contributed by atoms with Gasteiger partial charge in [-0.1, -0.05) is 0 Å². The number of thiophene rings is 1. The summed E-state index contributed by atoms with van der Waals surface area (Å²) in [7, 11) is 0. The maximum atomic E-state index is 11.5. The van der Waals surface area contributed by atoms with E-state index >= 15 is 0 Å². The molecule has 92 valence electrons. The average molecular weight is 254 g/mol. The van der Waals surface area contributed by atoms with Gasteiger partial charge >= 0.3 is 12.0 Å². The summed E-state index contributed by atoms with van der Waals surface area (Å²) in [5.74, 6) is -0.863. The second-order valence-corrected chi connectivity index (χ2v) is 4.89. The number of urea groups is 1. The van der Waals surface area contributed by atoms with Gasteiger partial charge in [-0.15, -0.1) is 0 Å². The Morgan fingerprint density at radius 1 is 1.53 bits per heavy atom. The maximum Gasteiger partial charge on any atom is 0.326 e. The molecule has 6 heteroatoms. The van der Waals surface area contributed by atoms with Gasteiger partial charge in [-0.25, -0.2) is 9.59 Å².